The molecule has 8 nitrogen and oxygen atoms in total. The monoisotopic (exact) mass is 431 g/mol. The van der Waals surface area contributed by atoms with Crippen molar-refractivity contribution >= 4 is 17.8 Å². The normalized spacial score (nSPS) is 20.0. The number of aliphatic hydroxyl groups excluding tert-OH is 1. The summed E-state index contributed by atoms with van der Waals surface area (Å²) >= 11 is 0. The lowest BCUT2D eigenvalue weighted by Crippen LogP contribution is -2.39. The number of hydrogen-bond donors (Lipinski definition) is 4. The highest BCUT2D eigenvalue weighted by atomic mass is 16.3. The van der Waals surface area contributed by atoms with Crippen LogP contribution in [-0.2, 0) is 5.41 Å². The molecule has 1 saturated carbocycles. The summed E-state index contributed by atoms with van der Waals surface area (Å²) in [5.74, 6) is 0.0608. The van der Waals surface area contributed by atoms with E-state index in [1.165, 1.54) is 7.05 Å². The van der Waals surface area contributed by atoms with Crippen LogP contribution in [0.15, 0.2) is 54.6 Å². The van der Waals surface area contributed by atoms with Gasteiger partial charge in [-0.3, -0.25) is 10.1 Å². The largest absolute Gasteiger partial charge is 0.390 e. The van der Waals surface area contributed by atoms with E-state index < -0.39 is 18.2 Å². The summed E-state index contributed by atoms with van der Waals surface area (Å²) in [5.41, 5.74) is 3.31. The number of nitrogens with zero attached hydrogens (tertiary/aromatic N) is 2. The standard InChI is InChI=1S/C24H25N5O3/c1-14-18(22(31)25-2)28-29(15-8-4-3-5-9-15)21(14)27-23(32)26-19-16-10-6-7-11-17(16)24(12-13-24)20(19)30/h3-11,19-20,30H,12-13H2,1-2H3,(H,25,31)(H2,26,27,32)/t19?,20-/m0/s1. The molecule has 5 rings (SSSR count). The van der Waals surface area contributed by atoms with Crippen LogP contribution in [0.4, 0.5) is 10.6 Å². The quantitative estimate of drug-likeness (QED) is 0.509. The molecule has 8 heteroatoms. The molecule has 1 spiro atoms. The average molecular weight is 431 g/mol. The number of benzene rings is 2. The molecule has 2 aliphatic rings. The molecule has 3 aromatic rings. The van der Waals surface area contributed by atoms with Crippen molar-refractivity contribution in [2.45, 2.75) is 37.3 Å². The second-order valence-electron chi connectivity index (χ2n) is 8.41. The molecule has 1 fully saturated rings. The van der Waals surface area contributed by atoms with Crippen LogP contribution in [0.2, 0.25) is 0 Å². The maximum atomic E-state index is 13.1. The highest BCUT2D eigenvalue weighted by Crippen LogP contribution is 2.59. The van der Waals surface area contributed by atoms with Crippen LogP contribution in [0.5, 0.6) is 0 Å². The van der Waals surface area contributed by atoms with Crippen molar-refractivity contribution in [3.05, 3.63) is 77.0 Å². The number of aromatic nitrogens is 2. The van der Waals surface area contributed by atoms with Gasteiger partial charge in [-0.05, 0) is 43.0 Å². The second-order valence-corrected chi connectivity index (χ2v) is 8.41. The van der Waals surface area contributed by atoms with Crippen molar-refractivity contribution < 1.29 is 14.7 Å². The SMILES string of the molecule is CNC(=O)c1nn(-c2ccccc2)c(NC(=O)NC2c3ccccc3C3(CC3)[C@H]2O)c1C. The van der Waals surface area contributed by atoms with Crippen LogP contribution in [0, 0.1) is 6.92 Å². The number of para-hydroxylation sites is 1. The molecule has 4 N–H and O–H groups in total. The lowest BCUT2D eigenvalue weighted by atomic mass is 9.97. The molecule has 164 valence electrons. The van der Waals surface area contributed by atoms with E-state index >= 15 is 0 Å². The van der Waals surface area contributed by atoms with Gasteiger partial charge >= 0.3 is 6.03 Å². The first kappa shape index (κ1) is 20.3. The molecular formula is C24H25N5O3. The fourth-order valence-corrected chi connectivity index (χ4v) is 4.74. The van der Waals surface area contributed by atoms with Crippen molar-refractivity contribution in [3.63, 3.8) is 0 Å². The van der Waals surface area contributed by atoms with Gasteiger partial charge in [-0.25, -0.2) is 9.48 Å². The highest BCUT2D eigenvalue weighted by molar-refractivity contribution is 5.97. The van der Waals surface area contributed by atoms with Gasteiger partial charge in [0.1, 0.15) is 5.82 Å². The maximum absolute atomic E-state index is 13.1. The van der Waals surface area contributed by atoms with Crippen molar-refractivity contribution in [1.82, 2.24) is 20.4 Å². The number of anilines is 1. The van der Waals surface area contributed by atoms with Gasteiger partial charge < -0.3 is 15.7 Å². The number of fused-ring (bicyclic) bond motifs is 2. The predicted octanol–water partition coefficient (Wildman–Crippen LogP) is 2.81. The van der Waals surface area contributed by atoms with Crippen LogP contribution in [0.25, 0.3) is 5.69 Å². The Kier molecular flexibility index (Phi) is 4.74. The van der Waals surface area contributed by atoms with E-state index in [4.69, 9.17) is 0 Å². The number of urea groups is 1. The van der Waals surface area contributed by atoms with Gasteiger partial charge in [0.05, 0.1) is 17.8 Å². The number of aliphatic hydroxyl groups is 1. The molecule has 0 aliphatic heterocycles. The zero-order valence-electron chi connectivity index (χ0n) is 17.9. The van der Waals surface area contributed by atoms with Gasteiger partial charge in [-0.1, -0.05) is 42.5 Å². The maximum Gasteiger partial charge on any atom is 0.320 e. The first-order valence-corrected chi connectivity index (χ1v) is 10.7. The van der Waals surface area contributed by atoms with E-state index in [0.29, 0.717) is 17.1 Å². The molecule has 0 radical (unpaired) electrons. The zero-order chi connectivity index (χ0) is 22.5. The molecule has 2 aromatic carbocycles. The minimum absolute atomic E-state index is 0.231. The Labute approximate surface area is 185 Å². The Morgan fingerprint density at radius 2 is 1.78 bits per heavy atom. The number of hydrogen-bond acceptors (Lipinski definition) is 4. The zero-order valence-corrected chi connectivity index (χ0v) is 17.9. The number of amides is 3. The van der Waals surface area contributed by atoms with Crippen molar-refractivity contribution in [1.29, 1.82) is 0 Å². The summed E-state index contributed by atoms with van der Waals surface area (Å²) < 4.78 is 1.54. The lowest BCUT2D eigenvalue weighted by molar-refractivity contribution is 0.0957. The lowest BCUT2D eigenvalue weighted by Gasteiger charge is -2.21. The van der Waals surface area contributed by atoms with Crippen LogP contribution >= 0.6 is 0 Å². The van der Waals surface area contributed by atoms with Gasteiger partial charge in [0.25, 0.3) is 5.91 Å². The molecule has 1 unspecified atom stereocenters. The second kappa shape index (κ2) is 7.49. The number of carbonyl (C=O) groups excluding carboxylic acids is 2. The third-order valence-corrected chi connectivity index (χ3v) is 6.59. The van der Waals surface area contributed by atoms with Gasteiger partial charge in [-0.2, -0.15) is 5.10 Å². The van der Waals surface area contributed by atoms with Crippen LogP contribution < -0.4 is 16.0 Å². The summed E-state index contributed by atoms with van der Waals surface area (Å²) in [4.78, 5) is 25.4. The third kappa shape index (κ3) is 3.06. The molecule has 0 bridgehead atoms. The summed E-state index contributed by atoms with van der Waals surface area (Å²) in [6.45, 7) is 1.74. The van der Waals surface area contributed by atoms with E-state index in [2.05, 4.69) is 21.0 Å². The number of rotatable bonds is 4. The van der Waals surface area contributed by atoms with Crippen LogP contribution in [-0.4, -0.2) is 40.0 Å². The molecule has 2 aliphatic carbocycles. The minimum atomic E-state index is -0.674. The smallest absolute Gasteiger partial charge is 0.320 e. The van der Waals surface area contributed by atoms with Crippen molar-refractivity contribution in [3.8, 4) is 5.69 Å². The van der Waals surface area contributed by atoms with Gasteiger partial charge in [-0.15, -0.1) is 0 Å². The van der Waals surface area contributed by atoms with E-state index in [1.807, 2.05) is 54.6 Å². The Hall–Kier alpha value is -3.65. The molecule has 1 heterocycles. The van der Waals surface area contributed by atoms with Gasteiger partial charge in [0, 0.05) is 18.0 Å². The summed E-state index contributed by atoms with van der Waals surface area (Å²) in [6.07, 6.45) is 1.16. The Balaban J connectivity index is 1.45. The molecular weight excluding hydrogens is 406 g/mol. The first-order valence-electron chi connectivity index (χ1n) is 10.7. The molecule has 32 heavy (non-hydrogen) atoms. The Bertz CT molecular complexity index is 1200. The number of carbonyl (C=O) groups is 2. The Morgan fingerprint density at radius 3 is 2.47 bits per heavy atom. The first-order chi connectivity index (χ1) is 15.5. The topological polar surface area (TPSA) is 108 Å². The Morgan fingerprint density at radius 1 is 1.09 bits per heavy atom. The van der Waals surface area contributed by atoms with Crippen LogP contribution in [0.1, 0.15) is 46.1 Å². The highest BCUT2D eigenvalue weighted by Gasteiger charge is 2.59. The summed E-state index contributed by atoms with van der Waals surface area (Å²) in [6, 6.07) is 16.2. The van der Waals surface area contributed by atoms with E-state index in [0.717, 1.165) is 24.0 Å². The fourth-order valence-electron chi connectivity index (χ4n) is 4.74. The predicted molar refractivity (Wildman–Crippen MR) is 120 cm³/mol. The van der Waals surface area contributed by atoms with Gasteiger partial charge in [0.15, 0.2) is 5.69 Å². The molecule has 1 aromatic heterocycles. The average Bonchev–Trinajstić information content (AvgIpc) is 3.52. The number of nitrogens with one attached hydrogen (secondary N) is 3. The van der Waals surface area contributed by atoms with E-state index in [-0.39, 0.29) is 17.0 Å². The fraction of sp³-hybridized carbons (Fsp3) is 0.292. The minimum Gasteiger partial charge on any atom is -0.390 e. The van der Waals surface area contributed by atoms with E-state index in [1.54, 1.807) is 11.6 Å². The van der Waals surface area contributed by atoms with Gasteiger partial charge in [0.2, 0.25) is 0 Å². The van der Waals surface area contributed by atoms with Crippen molar-refractivity contribution in [2.75, 3.05) is 12.4 Å². The van der Waals surface area contributed by atoms with Crippen molar-refractivity contribution in [2.24, 2.45) is 0 Å². The van der Waals surface area contributed by atoms with E-state index in [9.17, 15) is 14.7 Å². The molecule has 3 amide bonds. The third-order valence-electron chi connectivity index (χ3n) is 6.59. The molecule has 0 saturated heterocycles. The molecule has 2 atom stereocenters. The summed E-state index contributed by atoms with van der Waals surface area (Å²) in [7, 11) is 1.54. The summed E-state index contributed by atoms with van der Waals surface area (Å²) in [5, 5.41) is 23.8. The van der Waals surface area contributed by atoms with Crippen LogP contribution in [0.3, 0.4) is 0 Å².